The van der Waals surface area contributed by atoms with Crippen molar-refractivity contribution < 1.29 is 17.9 Å². The lowest BCUT2D eigenvalue weighted by Gasteiger charge is -2.21. The summed E-state index contributed by atoms with van der Waals surface area (Å²) in [6.07, 6.45) is 1.06. The van der Waals surface area contributed by atoms with Gasteiger partial charge in [0.05, 0.1) is 6.61 Å². The van der Waals surface area contributed by atoms with Crippen LogP contribution in [-0.4, -0.2) is 31.8 Å². The van der Waals surface area contributed by atoms with Gasteiger partial charge in [-0.2, -0.15) is 0 Å². The molecule has 0 radical (unpaired) electrons. The highest BCUT2D eigenvalue weighted by atomic mass is 79.9. The van der Waals surface area contributed by atoms with Gasteiger partial charge >= 0.3 is 0 Å². The van der Waals surface area contributed by atoms with E-state index in [0.29, 0.717) is 22.4 Å². The predicted octanol–water partition coefficient (Wildman–Crippen LogP) is 2.85. The molecule has 106 valence electrons. The molecule has 0 bridgehead atoms. The van der Waals surface area contributed by atoms with Crippen LogP contribution >= 0.6 is 15.9 Å². The average molecular weight is 349 g/mol. The maximum atomic E-state index is 12.4. The van der Waals surface area contributed by atoms with E-state index in [0.717, 1.165) is 6.26 Å². The van der Waals surface area contributed by atoms with Gasteiger partial charge in [0.15, 0.2) is 15.6 Å². The summed E-state index contributed by atoms with van der Waals surface area (Å²) in [7, 11) is -3.49. The van der Waals surface area contributed by atoms with Gasteiger partial charge in [0, 0.05) is 16.3 Å². The van der Waals surface area contributed by atoms with Gasteiger partial charge in [-0.15, -0.1) is 0 Å². The number of rotatable bonds is 5. The lowest BCUT2D eigenvalue weighted by molar-refractivity contribution is 0.0953. The van der Waals surface area contributed by atoms with Crippen molar-refractivity contribution in [1.82, 2.24) is 0 Å². The first-order valence-electron chi connectivity index (χ1n) is 5.78. The lowest BCUT2D eigenvalue weighted by atomic mass is 10.0. The molecule has 0 spiro atoms. The summed E-state index contributed by atoms with van der Waals surface area (Å²) >= 11 is 3.28. The number of carbonyl (C=O) groups excluding carboxylic acids is 1. The number of benzene rings is 1. The van der Waals surface area contributed by atoms with Crippen molar-refractivity contribution in [2.45, 2.75) is 25.5 Å². The Kier molecular flexibility index (Phi) is 4.79. The van der Waals surface area contributed by atoms with Crippen molar-refractivity contribution in [2.75, 3.05) is 12.9 Å². The Hall–Kier alpha value is -0.880. The topological polar surface area (TPSA) is 60.4 Å². The molecular weight excluding hydrogens is 332 g/mol. The van der Waals surface area contributed by atoms with E-state index in [1.165, 1.54) is 13.8 Å². The van der Waals surface area contributed by atoms with E-state index >= 15 is 0 Å². The molecule has 1 aromatic rings. The van der Waals surface area contributed by atoms with Crippen molar-refractivity contribution in [3.8, 4) is 5.75 Å². The fourth-order valence-corrected chi connectivity index (χ4v) is 2.41. The molecule has 0 heterocycles. The first-order chi connectivity index (χ1) is 8.61. The van der Waals surface area contributed by atoms with Gasteiger partial charge in [-0.1, -0.05) is 0 Å². The van der Waals surface area contributed by atoms with Crippen LogP contribution in [0.15, 0.2) is 22.7 Å². The molecule has 0 atom stereocenters. The molecule has 0 saturated carbocycles. The minimum atomic E-state index is -3.49. The number of ether oxygens (including phenoxy) is 1. The standard InChI is InChI=1S/C13H17BrO4S/c1-5-18-9-6-7-10(11(14)8-9)12(15)13(2,3)19(4,16)17/h6-8H,5H2,1-4H3. The number of carbonyl (C=O) groups is 1. The van der Waals surface area contributed by atoms with Crippen molar-refractivity contribution in [2.24, 2.45) is 0 Å². The minimum absolute atomic E-state index is 0.332. The summed E-state index contributed by atoms with van der Waals surface area (Å²) in [5.74, 6) is 0.188. The maximum Gasteiger partial charge on any atom is 0.184 e. The average Bonchev–Trinajstić information content (AvgIpc) is 2.27. The molecule has 1 aromatic carbocycles. The SMILES string of the molecule is CCOc1ccc(C(=O)C(C)(C)S(C)(=O)=O)c(Br)c1. The number of hydrogen-bond donors (Lipinski definition) is 0. The van der Waals surface area contributed by atoms with Gasteiger partial charge in [-0.3, -0.25) is 4.79 Å². The Bertz CT molecular complexity index is 591. The molecule has 19 heavy (non-hydrogen) atoms. The molecular formula is C13H17BrO4S. The molecule has 0 aromatic heterocycles. The molecule has 4 nitrogen and oxygen atoms in total. The summed E-state index contributed by atoms with van der Waals surface area (Å²) in [4.78, 5) is 12.4. The number of halogens is 1. The summed E-state index contributed by atoms with van der Waals surface area (Å²) in [5.41, 5.74) is 0.332. The van der Waals surface area contributed by atoms with Gasteiger partial charge in [-0.05, 0) is 54.9 Å². The second-order valence-electron chi connectivity index (χ2n) is 4.69. The van der Waals surface area contributed by atoms with E-state index in [2.05, 4.69) is 15.9 Å². The van der Waals surface area contributed by atoms with Crippen molar-refractivity contribution in [1.29, 1.82) is 0 Å². The minimum Gasteiger partial charge on any atom is -0.494 e. The van der Waals surface area contributed by atoms with E-state index in [1.807, 2.05) is 6.92 Å². The van der Waals surface area contributed by atoms with Crippen LogP contribution in [0, 0.1) is 0 Å². The number of ketones is 1. The molecule has 0 unspecified atom stereocenters. The van der Waals surface area contributed by atoms with Gasteiger partial charge < -0.3 is 4.74 Å². The van der Waals surface area contributed by atoms with Crippen LogP contribution in [0.3, 0.4) is 0 Å². The predicted molar refractivity (Wildman–Crippen MR) is 78.6 cm³/mol. The lowest BCUT2D eigenvalue weighted by Crippen LogP contribution is -2.40. The fraction of sp³-hybridized carbons (Fsp3) is 0.462. The van der Waals surface area contributed by atoms with Crippen molar-refractivity contribution in [3.63, 3.8) is 0 Å². The third-order valence-electron chi connectivity index (χ3n) is 2.97. The summed E-state index contributed by atoms with van der Waals surface area (Å²) < 4.78 is 27.8. The zero-order chi connectivity index (χ0) is 14.8. The Morgan fingerprint density at radius 2 is 1.95 bits per heavy atom. The fourth-order valence-electron chi connectivity index (χ4n) is 1.43. The van der Waals surface area contributed by atoms with E-state index in [9.17, 15) is 13.2 Å². The highest BCUT2D eigenvalue weighted by Gasteiger charge is 2.39. The molecule has 0 saturated heterocycles. The smallest absolute Gasteiger partial charge is 0.184 e. The first kappa shape index (κ1) is 16.2. The number of hydrogen-bond acceptors (Lipinski definition) is 4. The second-order valence-corrected chi connectivity index (χ2v) is 8.11. The van der Waals surface area contributed by atoms with Crippen molar-refractivity contribution >= 4 is 31.6 Å². The van der Waals surface area contributed by atoms with Crippen LogP contribution in [0.4, 0.5) is 0 Å². The van der Waals surface area contributed by atoms with Gasteiger partial charge in [0.2, 0.25) is 0 Å². The molecule has 6 heteroatoms. The van der Waals surface area contributed by atoms with E-state index < -0.39 is 20.4 Å². The van der Waals surface area contributed by atoms with Crippen molar-refractivity contribution in [3.05, 3.63) is 28.2 Å². The number of sulfone groups is 1. The zero-order valence-corrected chi connectivity index (χ0v) is 13.8. The third kappa shape index (κ3) is 3.36. The Morgan fingerprint density at radius 1 is 1.37 bits per heavy atom. The molecule has 0 aliphatic rings. The quantitative estimate of drug-likeness (QED) is 0.767. The molecule has 0 fully saturated rings. The van der Waals surface area contributed by atoms with E-state index in [1.54, 1.807) is 18.2 Å². The normalized spacial score (nSPS) is 12.3. The summed E-state index contributed by atoms with van der Waals surface area (Å²) in [6.45, 7) is 5.20. The maximum absolute atomic E-state index is 12.4. The van der Waals surface area contributed by atoms with Crippen LogP contribution in [0.2, 0.25) is 0 Å². The van der Waals surface area contributed by atoms with Gasteiger partial charge in [0.1, 0.15) is 10.5 Å². The highest BCUT2D eigenvalue weighted by Crippen LogP contribution is 2.29. The molecule has 0 aliphatic heterocycles. The zero-order valence-electron chi connectivity index (χ0n) is 11.4. The van der Waals surface area contributed by atoms with Crippen LogP contribution in [0.5, 0.6) is 5.75 Å². The van der Waals surface area contributed by atoms with Crippen LogP contribution in [-0.2, 0) is 9.84 Å². The summed E-state index contributed by atoms with van der Waals surface area (Å²) in [5, 5.41) is 0. The monoisotopic (exact) mass is 348 g/mol. The van der Waals surface area contributed by atoms with Crippen LogP contribution < -0.4 is 4.74 Å². The highest BCUT2D eigenvalue weighted by molar-refractivity contribution is 9.10. The molecule has 1 rings (SSSR count). The van der Waals surface area contributed by atoms with Crippen LogP contribution in [0.25, 0.3) is 0 Å². The Balaban J connectivity index is 3.22. The summed E-state index contributed by atoms with van der Waals surface area (Å²) in [6, 6.07) is 4.89. The second kappa shape index (κ2) is 5.63. The Morgan fingerprint density at radius 3 is 2.37 bits per heavy atom. The van der Waals surface area contributed by atoms with E-state index in [-0.39, 0.29) is 0 Å². The molecule has 0 amide bonds. The largest absolute Gasteiger partial charge is 0.494 e. The third-order valence-corrected chi connectivity index (χ3v) is 5.67. The first-order valence-corrected chi connectivity index (χ1v) is 8.46. The van der Waals surface area contributed by atoms with Gasteiger partial charge in [-0.25, -0.2) is 8.42 Å². The molecule has 0 N–H and O–H groups in total. The Labute approximate surface area is 122 Å². The van der Waals surface area contributed by atoms with Crippen LogP contribution in [0.1, 0.15) is 31.1 Å². The van der Waals surface area contributed by atoms with E-state index in [4.69, 9.17) is 4.74 Å². The molecule has 0 aliphatic carbocycles. The van der Waals surface area contributed by atoms with Gasteiger partial charge in [0.25, 0.3) is 0 Å². The number of Topliss-reactive ketones (excluding diaryl/α,β-unsaturated/α-hetero) is 1.